The van der Waals surface area contributed by atoms with Crippen LogP contribution in [-0.4, -0.2) is 19.0 Å². The molecule has 0 spiro atoms. The van der Waals surface area contributed by atoms with Gasteiger partial charge in [-0.15, -0.1) is 0 Å². The van der Waals surface area contributed by atoms with Crippen LogP contribution in [0.5, 0.6) is 0 Å². The summed E-state index contributed by atoms with van der Waals surface area (Å²) < 4.78 is 13.0. The lowest BCUT2D eigenvalue weighted by molar-refractivity contribution is -0.123. The minimum Gasteiger partial charge on any atom is -0.349 e. The van der Waals surface area contributed by atoms with E-state index in [4.69, 9.17) is 0 Å². The van der Waals surface area contributed by atoms with Gasteiger partial charge in [0, 0.05) is 6.42 Å². The molecule has 2 rings (SSSR count). The molecule has 3 nitrogen and oxygen atoms in total. The van der Waals surface area contributed by atoms with E-state index in [9.17, 15) is 9.18 Å². The molecular formula is C16H23FN2O. The molecule has 1 aromatic rings. The Labute approximate surface area is 120 Å². The maximum atomic E-state index is 13.0. The van der Waals surface area contributed by atoms with Crippen LogP contribution in [0.3, 0.4) is 0 Å². The van der Waals surface area contributed by atoms with Crippen molar-refractivity contribution in [3.63, 3.8) is 0 Å². The Morgan fingerprint density at radius 1 is 1.35 bits per heavy atom. The maximum Gasteiger partial charge on any atom is 0.220 e. The van der Waals surface area contributed by atoms with Gasteiger partial charge in [-0.25, -0.2) is 4.39 Å². The lowest BCUT2D eigenvalue weighted by Crippen LogP contribution is -2.45. The second-order valence-electron chi connectivity index (χ2n) is 6.65. The fourth-order valence-electron chi connectivity index (χ4n) is 2.43. The predicted molar refractivity (Wildman–Crippen MR) is 77.7 cm³/mol. The highest BCUT2D eigenvalue weighted by Crippen LogP contribution is 2.33. The molecule has 1 unspecified atom stereocenters. The Kier molecular flexibility index (Phi) is 4.43. The first-order chi connectivity index (χ1) is 9.36. The molecule has 0 radical (unpaired) electrons. The van der Waals surface area contributed by atoms with Gasteiger partial charge in [-0.05, 0) is 42.1 Å². The predicted octanol–water partition coefficient (Wildman–Crippen LogP) is 2.64. The molecule has 1 atom stereocenters. The van der Waals surface area contributed by atoms with E-state index in [0.717, 1.165) is 18.7 Å². The minimum atomic E-state index is -0.256. The normalized spacial score (nSPS) is 17.4. The van der Waals surface area contributed by atoms with Crippen LogP contribution in [-0.2, 0) is 4.79 Å². The smallest absolute Gasteiger partial charge is 0.220 e. The van der Waals surface area contributed by atoms with E-state index in [0.29, 0.717) is 12.3 Å². The van der Waals surface area contributed by atoms with Crippen molar-refractivity contribution in [2.75, 3.05) is 13.1 Å². The standard InChI is InChI=1S/C16H23FN2O/c1-16(2,3)15(12-4-6-13(17)7-5-12)19-14(20)8-11-9-18-10-11/h4-7,11,15,18H,8-10H2,1-3H3,(H,19,20). The van der Waals surface area contributed by atoms with Crippen LogP contribution in [0, 0.1) is 17.2 Å². The van der Waals surface area contributed by atoms with E-state index in [-0.39, 0.29) is 23.2 Å². The van der Waals surface area contributed by atoms with Gasteiger partial charge in [0.1, 0.15) is 5.82 Å². The summed E-state index contributed by atoms with van der Waals surface area (Å²) in [6, 6.07) is 6.27. The summed E-state index contributed by atoms with van der Waals surface area (Å²) in [5.41, 5.74) is 0.824. The van der Waals surface area contributed by atoms with Crippen molar-refractivity contribution in [2.45, 2.75) is 33.2 Å². The molecule has 1 heterocycles. The number of nitrogens with one attached hydrogen (secondary N) is 2. The molecule has 0 bridgehead atoms. The van der Waals surface area contributed by atoms with Crippen molar-refractivity contribution in [2.24, 2.45) is 11.3 Å². The summed E-state index contributed by atoms with van der Waals surface area (Å²) in [6.45, 7) is 8.07. The SMILES string of the molecule is CC(C)(C)C(NC(=O)CC1CNC1)c1ccc(F)cc1. The van der Waals surface area contributed by atoms with Crippen molar-refractivity contribution in [1.29, 1.82) is 0 Å². The summed E-state index contributed by atoms with van der Waals surface area (Å²) in [5, 5.41) is 6.27. The average Bonchev–Trinajstić information content (AvgIpc) is 2.31. The summed E-state index contributed by atoms with van der Waals surface area (Å²) in [7, 11) is 0. The van der Waals surface area contributed by atoms with Crippen molar-refractivity contribution in [1.82, 2.24) is 10.6 Å². The van der Waals surface area contributed by atoms with Gasteiger partial charge in [0.25, 0.3) is 0 Å². The van der Waals surface area contributed by atoms with Crippen LogP contribution in [0.1, 0.15) is 38.8 Å². The third-order valence-corrected chi connectivity index (χ3v) is 3.71. The third kappa shape index (κ3) is 3.79. The molecule has 1 fully saturated rings. The first-order valence-electron chi connectivity index (χ1n) is 7.12. The highest BCUT2D eigenvalue weighted by molar-refractivity contribution is 5.77. The topological polar surface area (TPSA) is 41.1 Å². The summed E-state index contributed by atoms with van der Waals surface area (Å²) in [4.78, 5) is 12.1. The lowest BCUT2D eigenvalue weighted by atomic mass is 9.82. The van der Waals surface area contributed by atoms with Gasteiger partial charge >= 0.3 is 0 Å². The molecular weight excluding hydrogens is 255 g/mol. The van der Waals surface area contributed by atoms with E-state index < -0.39 is 0 Å². The first-order valence-corrected chi connectivity index (χ1v) is 7.12. The van der Waals surface area contributed by atoms with Crippen molar-refractivity contribution in [3.8, 4) is 0 Å². The molecule has 1 amide bonds. The van der Waals surface area contributed by atoms with E-state index in [1.807, 2.05) is 0 Å². The first kappa shape index (κ1) is 15.0. The molecule has 1 aliphatic heterocycles. The van der Waals surface area contributed by atoms with Gasteiger partial charge in [0.05, 0.1) is 6.04 Å². The van der Waals surface area contributed by atoms with Gasteiger partial charge in [-0.1, -0.05) is 32.9 Å². The monoisotopic (exact) mass is 278 g/mol. The van der Waals surface area contributed by atoms with Crippen LogP contribution in [0.4, 0.5) is 4.39 Å². The molecule has 1 aromatic carbocycles. The van der Waals surface area contributed by atoms with Gasteiger partial charge in [-0.2, -0.15) is 0 Å². The number of rotatable bonds is 4. The minimum absolute atomic E-state index is 0.0701. The quantitative estimate of drug-likeness (QED) is 0.889. The largest absolute Gasteiger partial charge is 0.349 e. The van der Waals surface area contributed by atoms with Crippen LogP contribution >= 0.6 is 0 Å². The van der Waals surface area contributed by atoms with Gasteiger partial charge < -0.3 is 10.6 Å². The van der Waals surface area contributed by atoms with E-state index >= 15 is 0 Å². The Morgan fingerprint density at radius 2 is 1.95 bits per heavy atom. The van der Waals surface area contributed by atoms with Gasteiger partial charge in [-0.3, -0.25) is 4.79 Å². The molecule has 1 saturated heterocycles. The van der Waals surface area contributed by atoms with E-state index in [1.54, 1.807) is 12.1 Å². The Bertz CT molecular complexity index is 460. The van der Waals surface area contributed by atoms with Crippen molar-refractivity contribution >= 4 is 5.91 Å². The van der Waals surface area contributed by atoms with Crippen molar-refractivity contribution in [3.05, 3.63) is 35.6 Å². The highest BCUT2D eigenvalue weighted by atomic mass is 19.1. The number of carbonyl (C=O) groups is 1. The lowest BCUT2D eigenvalue weighted by Gasteiger charge is -2.33. The molecule has 1 aliphatic rings. The number of halogens is 1. The van der Waals surface area contributed by atoms with Crippen LogP contribution < -0.4 is 10.6 Å². The zero-order valence-corrected chi connectivity index (χ0v) is 12.4. The zero-order valence-electron chi connectivity index (χ0n) is 12.4. The van der Waals surface area contributed by atoms with Crippen molar-refractivity contribution < 1.29 is 9.18 Å². The second-order valence-corrected chi connectivity index (χ2v) is 6.65. The molecule has 0 aliphatic carbocycles. The molecule has 0 saturated carbocycles. The molecule has 2 N–H and O–H groups in total. The molecule has 110 valence electrons. The average molecular weight is 278 g/mol. The highest BCUT2D eigenvalue weighted by Gasteiger charge is 2.29. The number of carbonyl (C=O) groups excluding carboxylic acids is 1. The Hall–Kier alpha value is -1.42. The van der Waals surface area contributed by atoms with Crippen LogP contribution in [0.15, 0.2) is 24.3 Å². The van der Waals surface area contributed by atoms with E-state index in [1.165, 1.54) is 12.1 Å². The second kappa shape index (κ2) is 5.92. The Balaban J connectivity index is 2.07. The summed E-state index contributed by atoms with van der Waals surface area (Å²) >= 11 is 0. The number of hydrogen-bond acceptors (Lipinski definition) is 2. The van der Waals surface area contributed by atoms with Crippen LogP contribution in [0.2, 0.25) is 0 Å². The fourth-order valence-corrected chi connectivity index (χ4v) is 2.43. The van der Waals surface area contributed by atoms with E-state index in [2.05, 4.69) is 31.4 Å². The molecule has 4 heteroatoms. The summed E-state index contributed by atoms with van der Waals surface area (Å²) in [5.74, 6) is 0.262. The third-order valence-electron chi connectivity index (χ3n) is 3.71. The summed E-state index contributed by atoms with van der Waals surface area (Å²) in [6.07, 6.45) is 0.556. The van der Waals surface area contributed by atoms with Gasteiger partial charge in [0.15, 0.2) is 0 Å². The van der Waals surface area contributed by atoms with Gasteiger partial charge in [0.2, 0.25) is 5.91 Å². The number of amides is 1. The Morgan fingerprint density at radius 3 is 2.40 bits per heavy atom. The number of hydrogen-bond donors (Lipinski definition) is 2. The number of benzene rings is 1. The fraction of sp³-hybridized carbons (Fsp3) is 0.562. The molecule has 20 heavy (non-hydrogen) atoms. The maximum absolute atomic E-state index is 13.0. The zero-order chi connectivity index (χ0) is 14.8. The molecule has 0 aromatic heterocycles. The van der Waals surface area contributed by atoms with Crippen LogP contribution in [0.25, 0.3) is 0 Å².